The van der Waals surface area contributed by atoms with Crippen LogP contribution in [0, 0.1) is 0 Å². The lowest BCUT2D eigenvalue weighted by Crippen LogP contribution is -2.20. The summed E-state index contributed by atoms with van der Waals surface area (Å²) in [6.07, 6.45) is 7.20. The molecule has 0 aliphatic heterocycles. The van der Waals surface area contributed by atoms with E-state index in [1.54, 1.807) is 13.3 Å². The van der Waals surface area contributed by atoms with Crippen LogP contribution in [0.25, 0.3) is 22.2 Å². The lowest BCUT2D eigenvalue weighted by Gasteiger charge is -2.22. The number of aromatic amines is 1. The molecule has 0 atom stereocenters. The number of aliphatic hydroxyl groups is 1. The molecule has 1 saturated carbocycles. The van der Waals surface area contributed by atoms with Gasteiger partial charge in [0.05, 0.1) is 18.9 Å². The van der Waals surface area contributed by atoms with Crippen LogP contribution in [0.1, 0.15) is 31.2 Å². The Labute approximate surface area is 139 Å². The van der Waals surface area contributed by atoms with Gasteiger partial charge in [-0.15, -0.1) is 0 Å². The van der Waals surface area contributed by atoms with Crippen molar-refractivity contribution < 1.29 is 9.84 Å². The van der Waals surface area contributed by atoms with E-state index in [1.807, 2.05) is 24.4 Å². The maximum Gasteiger partial charge on any atom is 0.220 e. The molecule has 4 N–H and O–H groups in total. The molecule has 124 valence electrons. The fraction of sp³-hybridized carbons (Fsp3) is 0.333. The average Bonchev–Trinajstić information content (AvgIpc) is 3.21. The molecule has 6 heteroatoms. The fourth-order valence-electron chi connectivity index (χ4n) is 3.58. The van der Waals surface area contributed by atoms with Crippen LogP contribution < -0.4 is 10.5 Å². The molecule has 3 aromatic rings. The van der Waals surface area contributed by atoms with Crippen molar-refractivity contribution in [3.8, 4) is 17.0 Å². The highest BCUT2D eigenvalue weighted by molar-refractivity contribution is 5.96. The Morgan fingerprint density at radius 2 is 2.08 bits per heavy atom. The molecule has 0 bridgehead atoms. The monoisotopic (exact) mass is 324 g/mol. The van der Waals surface area contributed by atoms with Gasteiger partial charge in [-0.05, 0) is 30.5 Å². The van der Waals surface area contributed by atoms with Gasteiger partial charge in [-0.3, -0.25) is 0 Å². The lowest BCUT2D eigenvalue weighted by molar-refractivity contribution is 0.0446. The number of rotatable bonds is 3. The van der Waals surface area contributed by atoms with E-state index >= 15 is 0 Å². The molecular weight excluding hydrogens is 304 g/mol. The molecule has 1 aliphatic carbocycles. The number of aromatic nitrogens is 3. The summed E-state index contributed by atoms with van der Waals surface area (Å²) in [5.74, 6) is 0.765. The van der Waals surface area contributed by atoms with Crippen LogP contribution in [0.3, 0.4) is 0 Å². The molecule has 1 aliphatic rings. The summed E-state index contributed by atoms with van der Waals surface area (Å²) in [6, 6.07) is 6.05. The molecule has 0 unspecified atom stereocenters. The van der Waals surface area contributed by atoms with Crippen molar-refractivity contribution in [3.05, 3.63) is 36.2 Å². The van der Waals surface area contributed by atoms with E-state index in [0.717, 1.165) is 47.7 Å². The zero-order chi connectivity index (χ0) is 16.7. The van der Waals surface area contributed by atoms with Crippen molar-refractivity contribution >= 4 is 16.9 Å². The Morgan fingerprint density at radius 1 is 1.29 bits per heavy atom. The van der Waals surface area contributed by atoms with Crippen LogP contribution in [0.15, 0.2) is 30.6 Å². The van der Waals surface area contributed by atoms with Gasteiger partial charge in [0.15, 0.2) is 5.75 Å². The molecule has 6 nitrogen and oxygen atoms in total. The number of nitrogens with one attached hydrogen (secondary N) is 1. The van der Waals surface area contributed by atoms with Gasteiger partial charge in [-0.25, -0.2) is 9.97 Å². The van der Waals surface area contributed by atoms with Crippen molar-refractivity contribution in [3.63, 3.8) is 0 Å². The number of nitrogens with two attached hydrogens (primary N) is 1. The van der Waals surface area contributed by atoms with E-state index in [-0.39, 0.29) is 5.95 Å². The van der Waals surface area contributed by atoms with Gasteiger partial charge in [0.25, 0.3) is 0 Å². The summed E-state index contributed by atoms with van der Waals surface area (Å²) in [6.45, 7) is 0. The standard InChI is InChI=1S/C18H20N4O2/c1-24-15-10-21-17(19)22-16(15)13-9-20-14-5-4-11(8-12(13)14)18(23)6-2-3-7-18/h4-5,8-10,20,23H,2-3,6-7H2,1H3,(H2,19,21,22). The van der Waals surface area contributed by atoms with Crippen molar-refractivity contribution in [1.29, 1.82) is 0 Å². The number of fused-ring (bicyclic) bond motifs is 1. The quantitative estimate of drug-likeness (QED) is 0.688. The molecule has 0 amide bonds. The maximum absolute atomic E-state index is 10.9. The zero-order valence-electron chi connectivity index (χ0n) is 13.5. The van der Waals surface area contributed by atoms with Crippen molar-refractivity contribution in [1.82, 2.24) is 15.0 Å². The van der Waals surface area contributed by atoms with E-state index in [1.165, 1.54) is 0 Å². The Bertz CT molecular complexity index is 897. The Morgan fingerprint density at radius 3 is 2.83 bits per heavy atom. The van der Waals surface area contributed by atoms with E-state index in [0.29, 0.717) is 11.4 Å². The number of anilines is 1. The number of hydrogen-bond donors (Lipinski definition) is 3. The lowest BCUT2D eigenvalue weighted by atomic mass is 9.91. The van der Waals surface area contributed by atoms with Gasteiger partial charge >= 0.3 is 0 Å². The minimum atomic E-state index is -0.725. The third-order valence-electron chi connectivity index (χ3n) is 4.90. The first-order valence-electron chi connectivity index (χ1n) is 8.11. The summed E-state index contributed by atoms with van der Waals surface area (Å²) in [5, 5.41) is 11.9. The van der Waals surface area contributed by atoms with Crippen molar-refractivity contribution in [2.45, 2.75) is 31.3 Å². The summed E-state index contributed by atoms with van der Waals surface area (Å²) in [7, 11) is 1.58. The van der Waals surface area contributed by atoms with E-state index in [4.69, 9.17) is 10.5 Å². The van der Waals surface area contributed by atoms with Crippen LogP contribution in [0.2, 0.25) is 0 Å². The van der Waals surface area contributed by atoms with Gasteiger partial charge in [0.1, 0.15) is 5.69 Å². The highest BCUT2D eigenvalue weighted by atomic mass is 16.5. The molecule has 1 fully saturated rings. The summed E-state index contributed by atoms with van der Waals surface area (Å²) in [5.41, 5.74) is 8.50. The van der Waals surface area contributed by atoms with E-state index < -0.39 is 5.60 Å². The molecule has 4 rings (SSSR count). The van der Waals surface area contributed by atoms with E-state index in [9.17, 15) is 5.11 Å². The normalized spacial score (nSPS) is 16.6. The van der Waals surface area contributed by atoms with E-state index in [2.05, 4.69) is 15.0 Å². The van der Waals surface area contributed by atoms with Crippen LogP contribution in [-0.4, -0.2) is 27.2 Å². The van der Waals surface area contributed by atoms with Crippen LogP contribution >= 0.6 is 0 Å². The number of ether oxygens (including phenoxy) is 1. The summed E-state index contributed by atoms with van der Waals surface area (Å²) in [4.78, 5) is 11.6. The van der Waals surface area contributed by atoms with Crippen LogP contribution in [-0.2, 0) is 5.60 Å². The molecule has 2 heterocycles. The number of nitrogen functional groups attached to an aromatic ring is 1. The van der Waals surface area contributed by atoms with Gasteiger partial charge in [-0.1, -0.05) is 18.9 Å². The predicted octanol–water partition coefficient (Wildman–Crippen LogP) is 2.98. The van der Waals surface area contributed by atoms with Crippen LogP contribution in [0.5, 0.6) is 5.75 Å². The number of benzene rings is 1. The third-order valence-corrected chi connectivity index (χ3v) is 4.90. The first-order valence-corrected chi connectivity index (χ1v) is 8.11. The summed E-state index contributed by atoms with van der Waals surface area (Å²) >= 11 is 0. The second kappa shape index (κ2) is 5.49. The number of H-pyrrole nitrogens is 1. The first kappa shape index (κ1) is 15.0. The minimum absolute atomic E-state index is 0.200. The SMILES string of the molecule is COc1cnc(N)nc1-c1c[nH]c2ccc(C3(O)CCCC3)cc12. The zero-order valence-corrected chi connectivity index (χ0v) is 13.5. The molecule has 1 aromatic carbocycles. The molecule has 0 saturated heterocycles. The largest absolute Gasteiger partial charge is 0.493 e. The topological polar surface area (TPSA) is 97.0 Å². The molecule has 2 aromatic heterocycles. The first-order chi connectivity index (χ1) is 11.6. The molecular formula is C18H20N4O2. The second-order valence-corrected chi connectivity index (χ2v) is 6.35. The number of nitrogens with zero attached hydrogens (tertiary/aromatic N) is 2. The van der Waals surface area contributed by atoms with Gasteiger partial charge in [-0.2, -0.15) is 0 Å². The Kier molecular flexibility index (Phi) is 3.42. The maximum atomic E-state index is 10.9. The number of methoxy groups -OCH3 is 1. The Hall–Kier alpha value is -2.60. The molecule has 24 heavy (non-hydrogen) atoms. The number of hydrogen-bond acceptors (Lipinski definition) is 5. The fourth-order valence-corrected chi connectivity index (χ4v) is 3.58. The van der Waals surface area contributed by atoms with Gasteiger partial charge in [0.2, 0.25) is 5.95 Å². The minimum Gasteiger partial charge on any atom is -0.493 e. The molecule has 0 spiro atoms. The van der Waals surface area contributed by atoms with Gasteiger partial charge in [0, 0.05) is 22.7 Å². The Balaban J connectivity index is 1.89. The second-order valence-electron chi connectivity index (χ2n) is 6.35. The average molecular weight is 324 g/mol. The van der Waals surface area contributed by atoms with Gasteiger partial charge < -0.3 is 20.6 Å². The molecule has 0 radical (unpaired) electrons. The van der Waals surface area contributed by atoms with Crippen molar-refractivity contribution in [2.24, 2.45) is 0 Å². The third kappa shape index (κ3) is 2.30. The smallest absolute Gasteiger partial charge is 0.220 e. The van der Waals surface area contributed by atoms with Crippen molar-refractivity contribution in [2.75, 3.05) is 12.8 Å². The summed E-state index contributed by atoms with van der Waals surface area (Å²) < 4.78 is 5.38. The van der Waals surface area contributed by atoms with Crippen LogP contribution in [0.4, 0.5) is 5.95 Å². The highest BCUT2D eigenvalue weighted by Crippen LogP contribution is 2.41. The highest BCUT2D eigenvalue weighted by Gasteiger charge is 2.33. The predicted molar refractivity (Wildman–Crippen MR) is 92.7 cm³/mol.